The molecule has 1 N–H and O–H groups in total. The molecule has 0 spiro atoms. The van der Waals surface area contributed by atoms with E-state index in [0.29, 0.717) is 12.4 Å². The number of hydrogen-bond donors (Lipinski definition) is 1. The molecule has 1 aromatic heterocycles. The molecule has 0 aliphatic heterocycles. The van der Waals surface area contributed by atoms with E-state index < -0.39 is 28.8 Å². The summed E-state index contributed by atoms with van der Waals surface area (Å²) in [7, 11) is 0. The molecule has 21 heavy (non-hydrogen) atoms. The van der Waals surface area contributed by atoms with Gasteiger partial charge in [0.05, 0.1) is 16.8 Å². The van der Waals surface area contributed by atoms with Crippen molar-refractivity contribution in [2.24, 2.45) is 0 Å². The average molecular weight is 293 g/mol. The minimum absolute atomic E-state index is 0.0693. The molecular weight excluding hydrogens is 286 g/mol. The molecule has 0 bridgehead atoms. The SMILES string of the molecule is O=Cc1c(-c2c(F)cccc2F)[nH]c2c(F)cc(F)cc12. The standard InChI is InChI=1S/C15H7F4NO/c16-7-4-8-9(6-21)15(20-14(8)12(19)5-7)13-10(17)2-1-3-11(13)18/h1-6,20H. The number of aromatic amines is 1. The third-order valence-electron chi connectivity index (χ3n) is 3.20. The summed E-state index contributed by atoms with van der Waals surface area (Å²) >= 11 is 0. The molecule has 106 valence electrons. The summed E-state index contributed by atoms with van der Waals surface area (Å²) in [6, 6.07) is 4.73. The summed E-state index contributed by atoms with van der Waals surface area (Å²) in [5.74, 6) is -3.66. The second kappa shape index (κ2) is 4.73. The number of benzene rings is 2. The molecular formula is C15H7F4NO. The molecule has 0 radical (unpaired) electrons. The van der Waals surface area contributed by atoms with E-state index in [1.54, 1.807) is 0 Å². The maximum atomic E-state index is 13.8. The Morgan fingerprint density at radius 2 is 1.62 bits per heavy atom. The Balaban J connectivity index is 2.44. The van der Waals surface area contributed by atoms with Gasteiger partial charge in [0.1, 0.15) is 23.3 Å². The summed E-state index contributed by atoms with van der Waals surface area (Å²) < 4.78 is 54.6. The number of aromatic nitrogens is 1. The molecule has 0 aliphatic rings. The van der Waals surface area contributed by atoms with Gasteiger partial charge in [-0.05, 0) is 18.2 Å². The van der Waals surface area contributed by atoms with Crippen LogP contribution in [0.2, 0.25) is 0 Å². The molecule has 2 nitrogen and oxygen atoms in total. The van der Waals surface area contributed by atoms with Crippen molar-refractivity contribution in [2.45, 2.75) is 0 Å². The zero-order chi connectivity index (χ0) is 15.1. The van der Waals surface area contributed by atoms with Crippen LogP contribution in [-0.4, -0.2) is 11.3 Å². The van der Waals surface area contributed by atoms with Gasteiger partial charge < -0.3 is 4.98 Å². The average Bonchev–Trinajstić information content (AvgIpc) is 2.77. The molecule has 0 amide bonds. The summed E-state index contributed by atoms with van der Waals surface area (Å²) in [5, 5.41) is -0.0693. The monoisotopic (exact) mass is 293 g/mol. The quantitative estimate of drug-likeness (QED) is 0.557. The van der Waals surface area contributed by atoms with Crippen LogP contribution in [0.4, 0.5) is 17.6 Å². The summed E-state index contributed by atoms with van der Waals surface area (Å²) in [6.07, 6.45) is 0.304. The smallest absolute Gasteiger partial charge is 0.152 e. The molecule has 0 fully saturated rings. The normalized spacial score (nSPS) is 11.0. The second-order valence-corrected chi connectivity index (χ2v) is 4.44. The Morgan fingerprint density at radius 1 is 0.952 bits per heavy atom. The van der Waals surface area contributed by atoms with Gasteiger partial charge in [-0.15, -0.1) is 0 Å². The van der Waals surface area contributed by atoms with Gasteiger partial charge in [-0.2, -0.15) is 0 Å². The van der Waals surface area contributed by atoms with Gasteiger partial charge in [-0.3, -0.25) is 4.79 Å². The number of carbonyl (C=O) groups is 1. The van der Waals surface area contributed by atoms with E-state index in [4.69, 9.17) is 0 Å². The molecule has 0 aliphatic carbocycles. The number of halogens is 4. The minimum atomic E-state index is -0.948. The van der Waals surface area contributed by atoms with Gasteiger partial charge in [0.2, 0.25) is 0 Å². The van der Waals surface area contributed by atoms with Crippen molar-refractivity contribution >= 4 is 17.2 Å². The van der Waals surface area contributed by atoms with Crippen molar-refractivity contribution in [2.75, 3.05) is 0 Å². The fourth-order valence-corrected chi connectivity index (χ4v) is 2.30. The van der Waals surface area contributed by atoms with Crippen molar-refractivity contribution in [1.29, 1.82) is 0 Å². The first-order chi connectivity index (χ1) is 10.0. The van der Waals surface area contributed by atoms with Crippen LogP contribution in [0, 0.1) is 23.3 Å². The Hall–Kier alpha value is -2.63. The van der Waals surface area contributed by atoms with Crippen LogP contribution < -0.4 is 0 Å². The van der Waals surface area contributed by atoms with E-state index in [1.165, 1.54) is 0 Å². The van der Waals surface area contributed by atoms with E-state index in [1.807, 2.05) is 0 Å². The highest BCUT2D eigenvalue weighted by Crippen LogP contribution is 2.33. The number of aldehydes is 1. The maximum Gasteiger partial charge on any atom is 0.152 e. The number of H-pyrrole nitrogens is 1. The van der Waals surface area contributed by atoms with Gasteiger partial charge in [-0.25, -0.2) is 17.6 Å². The molecule has 6 heteroatoms. The third kappa shape index (κ3) is 1.99. The molecule has 1 heterocycles. The highest BCUT2D eigenvalue weighted by atomic mass is 19.1. The van der Waals surface area contributed by atoms with Gasteiger partial charge >= 0.3 is 0 Å². The van der Waals surface area contributed by atoms with Crippen molar-refractivity contribution < 1.29 is 22.4 Å². The molecule has 3 rings (SSSR count). The van der Waals surface area contributed by atoms with E-state index in [2.05, 4.69) is 4.98 Å². The summed E-state index contributed by atoms with van der Waals surface area (Å²) in [4.78, 5) is 13.7. The highest BCUT2D eigenvalue weighted by molar-refractivity contribution is 6.04. The van der Waals surface area contributed by atoms with Crippen LogP contribution in [0.5, 0.6) is 0 Å². The Morgan fingerprint density at radius 3 is 2.24 bits per heavy atom. The summed E-state index contributed by atoms with van der Waals surface area (Å²) in [6.45, 7) is 0. The predicted molar refractivity (Wildman–Crippen MR) is 69.0 cm³/mol. The zero-order valence-electron chi connectivity index (χ0n) is 10.4. The van der Waals surface area contributed by atoms with Gasteiger partial charge in [-0.1, -0.05) is 6.07 Å². The van der Waals surface area contributed by atoms with Gasteiger partial charge in [0.15, 0.2) is 6.29 Å². The first-order valence-corrected chi connectivity index (χ1v) is 5.93. The number of rotatable bonds is 2. The lowest BCUT2D eigenvalue weighted by atomic mass is 10.0. The van der Waals surface area contributed by atoms with Gasteiger partial charge in [0, 0.05) is 17.0 Å². The van der Waals surface area contributed by atoms with E-state index in [-0.39, 0.29) is 22.2 Å². The number of carbonyl (C=O) groups excluding carboxylic acids is 1. The first-order valence-electron chi connectivity index (χ1n) is 5.93. The van der Waals surface area contributed by atoms with Crippen molar-refractivity contribution in [3.05, 3.63) is 59.2 Å². The maximum absolute atomic E-state index is 13.8. The highest BCUT2D eigenvalue weighted by Gasteiger charge is 2.21. The Bertz CT molecular complexity index is 849. The fourth-order valence-electron chi connectivity index (χ4n) is 2.30. The van der Waals surface area contributed by atoms with Gasteiger partial charge in [0.25, 0.3) is 0 Å². The van der Waals surface area contributed by atoms with Crippen LogP contribution >= 0.6 is 0 Å². The molecule has 0 atom stereocenters. The molecule has 0 unspecified atom stereocenters. The molecule has 0 saturated carbocycles. The van der Waals surface area contributed by atoms with Crippen LogP contribution in [0.25, 0.3) is 22.2 Å². The summed E-state index contributed by atoms with van der Waals surface area (Å²) in [5.41, 5.74) is -1.10. The number of fused-ring (bicyclic) bond motifs is 1. The fraction of sp³-hybridized carbons (Fsp3) is 0. The topological polar surface area (TPSA) is 32.9 Å². The predicted octanol–water partition coefficient (Wildman–Crippen LogP) is 4.20. The van der Waals surface area contributed by atoms with E-state index >= 15 is 0 Å². The number of hydrogen-bond acceptors (Lipinski definition) is 1. The van der Waals surface area contributed by atoms with Crippen LogP contribution in [0.15, 0.2) is 30.3 Å². The zero-order valence-corrected chi connectivity index (χ0v) is 10.4. The first kappa shape index (κ1) is 13.4. The van der Waals surface area contributed by atoms with E-state index in [0.717, 1.165) is 24.3 Å². The largest absolute Gasteiger partial charge is 0.351 e. The van der Waals surface area contributed by atoms with Crippen molar-refractivity contribution in [3.63, 3.8) is 0 Å². The number of nitrogens with one attached hydrogen (secondary N) is 1. The third-order valence-corrected chi connectivity index (χ3v) is 3.20. The lowest BCUT2D eigenvalue weighted by molar-refractivity contribution is 0.112. The minimum Gasteiger partial charge on any atom is -0.351 e. The van der Waals surface area contributed by atoms with Crippen LogP contribution in [0.3, 0.4) is 0 Å². The van der Waals surface area contributed by atoms with Crippen LogP contribution in [-0.2, 0) is 0 Å². The Kier molecular flexibility index (Phi) is 3.01. The lowest BCUT2D eigenvalue weighted by Crippen LogP contribution is -1.93. The second-order valence-electron chi connectivity index (χ2n) is 4.44. The lowest BCUT2D eigenvalue weighted by Gasteiger charge is -2.03. The van der Waals surface area contributed by atoms with E-state index in [9.17, 15) is 22.4 Å². The molecule has 3 aromatic rings. The van der Waals surface area contributed by atoms with Crippen molar-refractivity contribution in [3.8, 4) is 11.3 Å². The molecule has 2 aromatic carbocycles. The Labute approximate surface area is 116 Å². The van der Waals surface area contributed by atoms with Crippen LogP contribution in [0.1, 0.15) is 10.4 Å². The molecule has 0 saturated heterocycles. The van der Waals surface area contributed by atoms with Crippen molar-refractivity contribution in [1.82, 2.24) is 4.98 Å².